The molecular formula is C10H14Cl2N2O4S. The van der Waals surface area contributed by atoms with Gasteiger partial charge in [-0.2, -0.15) is 0 Å². The Labute approximate surface area is 121 Å². The van der Waals surface area contributed by atoms with Gasteiger partial charge in [0.2, 0.25) is 10.0 Å². The van der Waals surface area contributed by atoms with Gasteiger partial charge in [-0.05, 0) is 12.5 Å². The van der Waals surface area contributed by atoms with E-state index in [2.05, 4.69) is 9.71 Å². The van der Waals surface area contributed by atoms with Crippen molar-refractivity contribution in [1.29, 1.82) is 0 Å². The van der Waals surface area contributed by atoms with Crippen molar-refractivity contribution in [3.8, 4) is 0 Å². The summed E-state index contributed by atoms with van der Waals surface area (Å²) in [5.41, 5.74) is 0. The minimum Gasteiger partial charge on any atom is -0.396 e. The number of hydrogen-bond donors (Lipinski definition) is 2. The zero-order chi connectivity index (χ0) is 14.5. The van der Waals surface area contributed by atoms with E-state index in [1.54, 1.807) is 0 Å². The minimum absolute atomic E-state index is 0.0319. The predicted molar refractivity (Wildman–Crippen MR) is 71.9 cm³/mol. The highest BCUT2D eigenvalue weighted by Crippen LogP contribution is 2.22. The SMILES string of the molecule is COCC(CCO)NS(=O)(=O)c1cnc(Cl)c(Cl)c1. The fourth-order valence-electron chi connectivity index (χ4n) is 1.37. The van der Waals surface area contributed by atoms with Gasteiger partial charge in [-0.1, -0.05) is 23.2 Å². The number of aromatic nitrogens is 1. The maximum Gasteiger partial charge on any atom is 0.242 e. The zero-order valence-electron chi connectivity index (χ0n) is 10.1. The largest absolute Gasteiger partial charge is 0.396 e. The van der Waals surface area contributed by atoms with Crippen LogP contribution >= 0.6 is 23.2 Å². The molecule has 9 heteroatoms. The van der Waals surface area contributed by atoms with Crippen molar-refractivity contribution < 1.29 is 18.3 Å². The predicted octanol–water partition coefficient (Wildman–Crippen LogP) is 1.06. The summed E-state index contributed by atoms with van der Waals surface area (Å²) in [5, 5.41) is 8.95. The summed E-state index contributed by atoms with van der Waals surface area (Å²) in [6.45, 7) is -0.00922. The molecule has 1 atom stereocenters. The molecule has 0 fully saturated rings. The molecule has 0 amide bonds. The smallest absolute Gasteiger partial charge is 0.242 e. The molecule has 1 aromatic rings. The summed E-state index contributed by atoms with van der Waals surface area (Å²) in [5.74, 6) is 0. The minimum atomic E-state index is -3.79. The van der Waals surface area contributed by atoms with E-state index in [4.69, 9.17) is 33.0 Å². The number of nitrogens with zero attached hydrogens (tertiary/aromatic N) is 1. The van der Waals surface area contributed by atoms with E-state index < -0.39 is 16.1 Å². The van der Waals surface area contributed by atoms with Crippen LogP contribution in [0.2, 0.25) is 10.2 Å². The molecule has 1 unspecified atom stereocenters. The van der Waals surface area contributed by atoms with E-state index >= 15 is 0 Å². The van der Waals surface area contributed by atoms with Crippen molar-refractivity contribution in [2.24, 2.45) is 0 Å². The molecule has 1 heterocycles. The second-order valence-electron chi connectivity index (χ2n) is 3.73. The normalized spacial score (nSPS) is 13.5. The molecule has 1 rings (SSSR count). The third-order valence-electron chi connectivity index (χ3n) is 2.25. The summed E-state index contributed by atoms with van der Waals surface area (Å²) in [7, 11) is -2.35. The van der Waals surface area contributed by atoms with Gasteiger partial charge in [0.15, 0.2) is 0 Å². The van der Waals surface area contributed by atoms with Crippen LogP contribution in [0.15, 0.2) is 17.2 Å². The molecule has 0 aliphatic carbocycles. The lowest BCUT2D eigenvalue weighted by atomic mass is 10.2. The molecular weight excluding hydrogens is 315 g/mol. The summed E-state index contributed by atoms with van der Waals surface area (Å²) in [4.78, 5) is 3.58. The highest BCUT2D eigenvalue weighted by atomic mass is 35.5. The number of pyridine rings is 1. The number of hydrogen-bond acceptors (Lipinski definition) is 5. The maximum atomic E-state index is 12.1. The van der Waals surface area contributed by atoms with Crippen molar-refractivity contribution in [1.82, 2.24) is 9.71 Å². The van der Waals surface area contributed by atoms with Gasteiger partial charge in [0, 0.05) is 26.0 Å². The van der Waals surface area contributed by atoms with Crippen LogP contribution in [0.4, 0.5) is 0 Å². The molecule has 1 aromatic heterocycles. The topological polar surface area (TPSA) is 88.5 Å². The fourth-order valence-corrected chi connectivity index (χ4v) is 2.93. The monoisotopic (exact) mass is 328 g/mol. The van der Waals surface area contributed by atoms with Gasteiger partial charge in [-0.15, -0.1) is 0 Å². The fraction of sp³-hybridized carbons (Fsp3) is 0.500. The third-order valence-corrected chi connectivity index (χ3v) is 4.42. The van der Waals surface area contributed by atoms with Gasteiger partial charge in [0.1, 0.15) is 10.0 Å². The maximum absolute atomic E-state index is 12.1. The first-order chi connectivity index (χ1) is 8.90. The number of aliphatic hydroxyl groups excluding tert-OH is 1. The van der Waals surface area contributed by atoms with Crippen LogP contribution < -0.4 is 4.72 Å². The summed E-state index contributed by atoms with van der Waals surface area (Å²) < 4.78 is 31.4. The van der Waals surface area contributed by atoms with Crippen LogP contribution in [0.3, 0.4) is 0 Å². The Morgan fingerprint density at radius 1 is 1.53 bits per heavy atom. The highest BCUT2D eigenvalue weighted by molar-refractivity contribution is 7.89. The van der Waals surface area contributed by atoms with Crippen molar-refractivity contribution in [3.63, 3.8) is 0 Å². The Bertz CT molecular complexity index is 518. The molecule has 0 aliphatic heterocycles. The van der Waals surface area contributed by atoms with Crippen molar-refractivity contribution in [3.05, 3.63) is 22.4 Å². The van der Waals surface area contributed by atoms with Gasteiger partial charge in [0.25, 0.3) is 0 Å². The molecule has 0 aliphatic rings. The Hall–Kier alpha value is -0.440. The van der Waals surface area contributed by atoms with E-state index in [0.29, 0.717) is 0 Å². The molecule has 0 saturated heterocycles. The second-order valence-corrected chi connectivity index (χ2v) is 6.21. The Morgan fingerprint density at radius 2 is 2.21 bits per heavy atom. The van der Waals surface area contributed by atoms with Gasteiger partial charge in [0.05, 0.1) is 11.6 Å². The molecule has 108 valence electrons. The summed E-state index contributed by atoms with van der Waals surface area (Å²) in [6, 6.07) is 0.677. The summed E-state index contributed by atoms with van der Waals surface area (Å²) >= 11 is 11.4. The number of sulfonamides is 1. The van der Waals surface area contributed by atoms with E-state index in [9.17, 15) is 8.42 Å². The molecule has 19 heavy (non-hydrogen) atoms. The molecule has 0 aromatic carbocycles. The Morgan fingerprint density at radius 3 is 2.74 bits per heavy atom. The quantitative estimate of drug-likeness (QED) is 0.731. The second kappa shape index (κ2) is 7.37. The van der Waals surface area contributed by atoms with Crippen LogP contribution in [0, 0.1) is 0 Å². The highest BCUT2D eigenvalue weighted by Gasteiger charge is 2.21. The average molecular weight is 329 g/mol. The van der Waals surface area contributed by atoms with Crippen LogP contribution in [0.5, 0.6) is 0 Å². The van der Waals surface area contributed by atoms with Crippen molar-refractivity contribution >= 4 is 33.2 Å². The van der Waals surface area contributed by atoms with E-state index in [1.165, 1.54) is 13.2 Å². The first-order valence-electron chi connectivity index (χ1n) is 5.34. The van der Waals surface area contributed by atoms with Crippen LogP contribution in [0.1, 0.15) is 6.42 Å². The number of ether oxygens (including phenoxy) is 1. The lowest BCUT2D eigenvalue weighted by molar-refractivity contribution is 0.158. The number of nitrogens with one attached hydrogen (secondary N) is 1. The summed E-state index contributed by atoms with van der Waals surface area (Å²) in [6.07, 6.45) is 1.35. The Kier molecular flexibility index (Phi) is 6.45. The van der Waals surface area contributed by atoms with Crippen LogP contribution in [-0.2, 0) is 14.8 Å². The molecule has 0 radical (unpaired) electrons. The zero-order valence-corrected chi connectivity index (χ0v) is 12.5. The number of halogens is 2. The number of rotatable bonds is 7. The molecule has 6 nitrogen and oxygen atoms in total. The third kappa shape index (κ3) is 4.87. The van der Waals surface area contributed by atoms with Crippen LogP contribution in [-0.4, -0.2) is 44.9 Å². The van der Waals surface area contributed by atoms with E-state index in [0.717, 1.165) is 6.20 Å². The van der Waals surface area contributed by atoms with Gasteiger partial charge >= 0.3 is 0 Å². The number of aliphatic hydroxyl groups is 1. The lowest BCUT2D eigenvalue weighted by Crippen LogP contribution is -2.38. The molecule has 2 N–H and O–H groups in total. The van der Waals surface area contributed by atoms with Crippen LogP contribution in [0.25, 0.3) is 0 Å². The first-order valence-corrected chi connectivity index (χ1v) is 7.57. The first kappa shape index (κ1) is 16.6. The average Bonchev–Trinajstić information content (AvgIpc) is 2.32. The molecule has 0 spiro atoms. The molecule has 0 saturated carbocycles. The lowest BCUT2D eigenvalue weighted by Gasteiger charge is -2.16. The van der Waals surface area contributed by atoms with E-state index in [-0.39, 0.29) is 34.7 Å². The van der Waals surface area contributed by atoms with Crippen molar-refractivity contribution in [2.45, 2.75) is 17.4 Å². The number of methoxy groups -OCH3 is 1. The Balaban J connectivity index is 2.92. The molecule has 0 bridgehead atoms. The van der Waals surface area contributed by atoms with E-state index in [1.807, 2.05) is 0 Å². The van der Waals surface area contributed by atoms with Gasteiger partial charge in [-0.3, -0.25) is 0 Å². The van der Waals surface area contributed by atoms with Gasteiger partial charge in [-0.25, -0.2) is 18.1 Å². The van der Waals surface area contributed by atoms with Gasteiger partial charge < -0.3 is 9.84 Å². The van der Waals surface area contributed by atoms with Crippen molar-refractivity contribution in [2.75, 3.05) is 20.3 Å². The standard InChI is InChI=1S/C10H14Cl2N2O4S/c1-18-6-7(2-3-15)14-19(16,17)8-4-9(11)10(12)13-5-8/h4-5,7,14-15H,2-3,6H2,1H3.